The van der Waals surface area contributed by atoms with Crippen LogP contribution in [-0.2, 0) is 11.2 Å². The number of nitrogens with zero attached hydrogens (tertiary/aromatic N) is 3. The minimum atomic E-state index is -0.539. The van der Waals surface area contributed by atoms with Crippen molar-refractivity contribution in [2.24, 2.45) is 0 Å². The van der Waals surface area contributed by atoms with Crippen LogP contribution in [0.15, 0.2) is 42.0 Å². The number of benzene rings is 2. The van der Waals surface area contributed by atoms with Crippen LogP contribution in [0.1, 0.15) is 48.4 Å². The van der Waals surface area contributed by atoms with Gasteiger partial charge in [0.05, 0.1) is 6.61 Å². The van der Waals surface area contributed by atoms with Gasteiger partial charge < -0.3 is 14.2 Å². The van der Waals surface area contributed by atoms with Gasteiger partial charge in [0.25, 0.3) is 5.91 Å². The Labute approximate surface area is 221 Å². The Morgan fingerprint density at radius 3 is 2.49 bits per heavy atom. The minimum Gasteiger partial charge on any atom is -0.490 e. The zero-order chi connectivity index (χ0) is 26.6. The second-order valence-electron chi connectivity index (χ2n) is 8.39. The molecule has 1 aromatic heterocycles. The fourth-order valence-corrected chi connectivity index (χ4v) is 4.32. The maximum atomic E-state index is 12.6. The van der Waals surface area contributed by atoms with Crippen LogP contribution in [0.2, 0.25) is 0 Å². The number of nitrogens with one attached hydrogen (secondary N) is 1. The van der Waals surface area contributed by atoms with Gasteiger partial charge >= 0.3 is 0 Å². The molecule has 1 N–H and O–H groups in total. The average molecular weight is 521 g/mol. The van der Waals surface area contributed by atoms with Gasteiger partial charge in [-0.2, -0.15) is 5.26 Å². The van der Waals surface area contributed by atoms with Crippen molar-refractivity contribution < 1.29 is 19.0 Å². The first kappa shape index (κ1) is 27.7. The number of amides is 1. The topological polar surface area (TPSA) is 106 Å². The zero-order valence-corrected chi connectivity index (χ0v) is 22.5. The summed E-state index contributed by atoms with van der Waals surface area (Å²) in [6.45, 7) is 9.18. The average Bonchev–Trinajstić information content (AvgIpc) is 3.31. The molecule has 9 heteroatoms. The van der Waals surface area contributed by atoms with Crippen molar-refractivity contribution in [3.63, 3.8) is 0 Å². The normalized spacial score (nSPS) is 11.1. The number of unbranched alkanes of at least 4 members (excludes halogenated alkanes) is 1. The van der Waals surface area contributed by atoms with Gasteiger partial charge in [0.15, 0.2) is 11.5 Å². The molecule has 2 aromatic carbocycles. The molecule has 0 aliphatic rings. The second-order valence-corrected chi connectivity index (χ2v) is 9.45. The maximum absolute atomic E-state index is 12.6. The lowest BCUT2D eigenvalue weighted by Crippen LogP contribution is -2.13. The molecule has 3 rings (SSSR count). The first-order valence-electron chi connectivity index (χ1n) is 12.3. The summed E-state index contributed by atoms with van der Waals surface area (Å²) in [6.07, 6.45) is 4.38. The molecule has 0 bridgehead atoms. The molecule has 8 nitrogen and oxygen atoms in total. The number of nitriles is 1. The van der Waals surface area contributed by atoms with E-state index in [1.165, 1.54) is 17.4 Å². The summed E-state index contributed by atoms with van der Waals surface area (Å²) >= 11 is 1.32. The molecule has 0 atom stereocenters. The third kappa shape index (κ3) is 8.62. The molecule has 0 aliphatic carbocycles. The monoisotopic (exact) mass is 520 g/mol. The minimum absolute atomic E-state index is 0.0525. The predicted octanol–water partition coefficient (Wildman–Crippen LogP) is 5.90. The van der Waals surface area contributed by atoms with E-state index in [-0.39, 0.29) is 5.57 Å². The lowest BCUT2D eigenvalue weighted by atomic mass is 10.1. The summed E-state index contributed by atoms with van der Waals surface area (Å²) in [5.41, 5.74) is 2.87. The van der Waals surface area contributed by atoms with Crippen molar-refractivity contribution in [3.05, 3.63) is 63.7 Å². The van der Waals surface area contributed by atoms with Crippen LogP contribution in [0, 0.1) is 25.2 Å². The molecule has 1 heterocycles. The highest BCUT2D eigenvalue weighted by Gasteiger charge is 2.14. The highest BCUT2D eigenvalue weighted by atomic mass is 32.1. The van der Waals surface area contributed by atoms with Gasteiger partial charge in [-0.25, -0.2) is 0 Å². The molecule has 194 valence electrons. The van der Waals surface area contributed by atoms with Crippen molar-refractivity contribution in [2.45, 2.75) is 47.0 Å². The summed E-state index contributed by atoms with van der Waals surface area (Å²) < 4.78 is 17.4. The van der Waals surface area contributed by atoms with E-state index in [2.05, 4.69) is 28.5 Å². The Bertz CT molecular complexity index is 1260. The molecule has 0 saturated heterocycles. The van der Waals surface area contributed by atoms with Gasteiger partial charge in [-0.15, -0.1) is 10.2 Å². The SMILES string of the molecule is CCCCc1nnc(NC(=O)/C(C#N)=C\c2ccc(OCCOc3cc(C)cc(C)c3)c(OCC)c2)s1. The van der Waals surface area contributed by atoms with Gasteiger partial charge in [0, 0.05) is 6.42 Å². The molecule has 0 saturated carbocycles. The Balaban J connectivity index is 1.64. The number of hydrogen-bond donors (Lipinski definition) is 1. The summed E-state index contributed by atoms with van der Waals surface area (Å²) in [4.78, 5) is 12.6. The van der Waals surface area contributed by atoms with Gasteiger partial charge in [-0.05, 0) is 74.2 Å². The van der Waals surface area contributed by atoms with Gasteiger partial charge in [-0.3, -0.25) is 10.1 Å². The summed E-state index contributed by atoms with van der Waals surface area (Å²) in [7, 11) is 0. The number of anilines is 1. The van der Waals surface area contributed by atoms with Crippen molar-refractivity contribution in [2.75, 3.05) is 25.1 Å². The predicted molar refractivity (Wildman–Crippen MR) is 145 cm³/mol. The van der Waals surface area contributed by atoms with E-state index < -0.39 is 5.91 Å². The first-order valence-corrected chi connectivity index (χ1v) is 13.1. The quantitative estimate of drug-likeness (QED) is 0.170. The van der Waals surface area contributed by atoms with E-state index in [4.69, 9.17) is 14.2 Å². The molecule has 0 aliphatic heterocycles. The summed E-state index contributed by atoms with van der Waals surface area (Å²) in [5.74, 6) is 1.34. The van der Waals surface area contributed by atoms with E-state index in [1.54, 1.807) is 18.2 Å². The molecule has 0 radical (unpaired) electrons. The maximum Gasteiger partial charge on any atom is 0.268 e. The van der Waals surface area contributed by atoms with Crippen LogP contribution in [0.25, 0.3) is 6.08 Å². The number of carbonyl (C=O) groups is 1. The Morgan fingerprint density at radius 2 is 1.78 bits per heavy atom. The number of aromatic nitrogens is 2. The Morgan fingerprint density at radius 1 is 1.03 bits per heavy atom. The summed E-state index contributed by atoms with van der Waals surface area (Å²) in [5, 5.41) is 21.6. The number of hydrogen-bond acceptors (Lipinski definition) is 8. The Hall–Kier alpha value is -3.90. The number of ether oxygens (including phenoxy) is 3. The first-order chi connectivity index (χ1) is 17.9. The number of aryl methyl sites for hydroxylation is 3. The fraction of sp³-hybridized carbons (Fsp3) is 0.357. The zero-order valence-electron chi connectivity index (χ0n) is 21.7. The van der Waals surface area contributed by atoms with Crippen molar-refractivity contribution in [1.82, 2.24) is 10.2 Å². The van der Waals surface area contributed by atoms with Crippen molar-refractivity contribution >= 4 is 28.5 Å². The Kier molecular flexibility index (Phi) is 10.5. The van der Waals surface area contributed by atoms with E-state index in [0.29, 0.717) is 42.0 Å². The van der Waals surface area contributed by atoms with E-state index in [0.717, 1.165) is 41.1 Å². The lowest BCUT2D eigenvalue weighted by molar-refractivity contribution is -0.112. The van der Waals surface area contributed by atoms with Gasteiger partial charge in [0.1, 0.15) is 35.6 Å². The molecule has 0 spiro atoms. The molecular formula is C28H32N4O4S. The largest absolute Gasteiger partial charge is 0.490 e. The van der Waals surface area contributed by atoms with Gasteiger partial charge in [0.2, 0.25) is 5.13 Å². The molecule has 0 unspecified atom stereocenters. The molecule has 37 heavy (non-hydrogen) atoms. The third-order valence-electron chi connectivity index (χ3n) is 5.18. The van der Waals surface area contributed by atoms with Crippen LogP contribution >= 0.6 is 11.3 Å². The van der Waals surface area contributed by atoms with E-state index in [1.807, 2.05) is 39.0 Å². The number of rotatable bonds is 13. The molecular weight excluding hydrogens is 488 g/mol. The van der Waals surface area contributed by atoms with E-state index in [9.17, 15) is 10.1 Å². The van der Waals surface area contributed by atoms with Crippen LogP contribution in [0.4, 0.5) is 5.13 Å². The second kappa shape index (κ2) is 14.0. The molecule has 1 amide bonds. The lowest BCUT2D eigenvalue weighted by Gasteiger charge is -2.13. The van der Waals surface area contributed by atoms with Crippen molar-refractivity contribution in [3.8, 4) is 23.3 Å². The number of carbonyl (C=O) groups excluding carboxylic acids is 1. The molecule has 0 fully saturated rings. The van der Waals surface area contributed by atoms with Gasteiger partial charge in [-0.1, -0.05) is 36.8 Å². The molecule has 3 aromatic rings. The fourth-order valence-electron chi connectivity index (χ4n) is 3.54. The highest BCUT2D eigenvalue weighted by molar-refractivity contribution is 7.15. The third-order valence-corrected chi connectivity index (χ3v) is 6.08. The smallest absolute Gasteiger partial charge is 0.268 e. The van der Waals surface area contributed by atoms with Crippen LogP contribution in [0.5, 0.6) is 17.2 Å². The van der Waals surface area contributed by atoms with Crippen LogP contribution in [0.3, 0.4) is 0 Å². The van der Waals surface area contributed by atoms with Crippen molar-refractivity contribution in [1.29, 1.82) is 5.26 Å². The highest BCUT2D eigenvalue weighted by Crippen LogP contribution is 2.30. The van der Waals surface area contributed by atoms with E-state index >= 15 is 0 Å². The van der Waals surface area contributed by atoms with Crippen LogP contribution in [-0.4, -0.2) is 35.9 Å². The summed E-state index contributed by atoms with van der Waals surface area (Å²) in [6, 6.07) is 13.3. The standard InChI is InChI=1S/C28H32N4O4S/c1-5-7-8-26-31-32-28(37-26)30-27(33)22(18-29)16-21-9-10-24(25(17-21)34-6-2)36-12-11-35-23-14-19(3)13-20(4)15-23/h9-10,13-17H,5-8,11-12H2,1-4H3,(H,30,32,33)/b22-16-. The van der Waals surface area contributed by atoms with Crippen LogP contribution < -0.4 is 19.5 Å².